The fraction of sp³-hybridized carbons (Fsp3) is 0.576. The lowest BCUT2D eigenvalue weighted by Gasteiger charge is -2.33. The molecule has 2 aromatic rings. The second-order valence-corrected chi connectivity index (χ2v) is 11.7. The molecule has 38 heavy (non-hydrogen) atoms. The van der Waals surface area contributed by atoms with Crippen molar-refractivity contribution in [3.05, 3.63) is 71.8 Å². The molecular formula is C33H47N3O2. The largest absolute Gasteiger partial charge is 0.480 e. The second kappa shape index (κ2) is 16.3. The van der Waals surface area contributed by atoms with Gasteiger partial charge < -0.3 is 15.3 Å². The molecule has 5 heteroatoms. The smallest absolute Gasteiger partial charge is 0.320 e. The summed E-state index contributed by atoms with van der Waals surface area (Å²) in [6, 6.07) is 22.2. The molecule has 0 spiro atoms. The molecule has 1 saturated heterocycles. The van der Waals surface area contributed by atoms with Crippen molar-refractivity contribution >= 4 is 5.97 Å². The third-order valence-corrected chi connectivity index (χ3v) is 8.03. The van der Waals surface area contributed by atoms with E-state index in [-0.39, 0.29) is 0 Å². The molecular weight excluding hydrogens is 470 g/mol. The van der Waals surface area contributed by atoms with E-state index in [4.69, 9.17) is 5.26 Å². The number of likely N-dealkylation sites (tertiary alicyclic amines) is 1. The first-order valence-electron chi connectivity index (χ1n) is 14.6. The Kier molecular flexibility index (Phi) is 12.8. The number of nitrogens with zero attached hydrogens (tertiary/aromatic N) is 2. The summed E-state index contributed by atoms with van der Waals surface area (Å²) in [5, 5.41) is 21.8. The quantitative estimate of drug-likeness (QED) is 0.354. The SMILES string of the molecule is CC(C)CC(NC1CCC(CN2CCC(CCCc3ccc(C#N)cc3)CC2)C1)C(=O)O.c1ccccc1. The molecule has 0 amide bonds. The van der Waals surface area contributed by atoms with Gasteiger partial charge in [0.05, 0.1) is 11.6 Å². The summed E-state index contributed by atoms with van der Waals surface area (Å²) in [6.45, 7) is 7.78. The lowest BCUT2D eigenvalue weighted by molar-refractivity contribution is -0.140. The van der Waals surface area contributed by atoms with Crippen LogP contribution in [-0.4, -0.2) is 47.7 Å². The van der Waals surface area contributed by atoms with Crippen molar-refractivity contribution in [2.75, 3.05) is 19.6 Å². The van der Waals surface area contributed by atoms with Crippen LogP contribution in [0.1, 0.15) is 76.3 Å². The maximum absolute atomic E-state index is 11.6. The summed E-state index contributed by atoms with van der Waals surface area (Å²) in [5.74, 6) is 1.23. The predicted octanol–water partition coefficient (Wildman–Crippen LogP) is 6.54. The molecule has 2 aliphatic rings. The van der Waals surface area contributed by atoms with Crippen molar-refractivity contribution in [2.45, 2.75) is 83.7 Å². The number of aliphatic carboxylic acids is 1. The normalized spacial score (nSPS) is 20.9. The van der Waals surface area contributed by atoms with Gasteiger partial charge in [-0.2, -0.15) is 5.26 Å². The highest BCUT2D eigenvalue weighted by Gasteiger charge is 2.31. The third kappa shape index (κ3) is 11.0. The second-order valence-electron chi connectivity index (χ2n) is 11.7. The van der Waals surface area contributed by atoms with Crippen LogP contribution in [0.25, 0.3) is 0 Å². The fourth-order valence-corrected chi connectivity index (χ4v) is 5.94. The molecule has 2 fully saturated rings. The summed E-state index contributed by atoms with van der Waals surface area (Å²) < 4.78 is 0. The molecule has 206 valence electrons. The van der Waals surface area contributed by atoms with E-state index in [1.54, 1.807) is 0 Å². The van der Waals surface area contributed by atoms with Crippen LogP contribution in [0.2, 0.25) is 0 Å². The molecule has 5 nitrogen and oxygen atoms in total. The van der Waals surface area contributed by atoms with Crippen molar-refractivity contribution in [1.29, 1.82) is 5.26 Å². The Bertz CT molecular complexity index is 935. The van der Waals surface area contributed by atoms with Gasteiger partial charge in [-0.05, 0) is 99.9 Å². The van der Waals surface area contributed by atoms with E-state index in [1.807, 2.05) is 48.5 Å². The summed E-state index contributed by atoms with van der Waals surface area (Å²) >= 11 is 0. The Morgan fingerprint density at radius 1 is 1.00 bits per heavy atom. The van der Waals surface area contributed by atoms with Gasteiger partial charge in [-0.25, -0.2) is 0 Å². The number of piperidine rings is 1. The summed E-state index contributed by atoms with van der Waals surface area (Å²) in [6.07, 6.45) is 10.4. The van der Waals surface area contributed by atoms with Crippen LogP contribution in [0.15, 0.2) is 60.7 Å². The molecule has 1 aliphatic heterocycles. The molecule has 3 atom stereocenters. The zero-order valence-electron chi connectivity index (χ0n) is 23.4. The Morgan fingerprint density at radius 3 is 2.18 bits per heavy atom. The molecule has 0 bridgehead atoms. The van der Waals surface area contributed by atoms with E-state index in [2.05, 4.69) is 42.3 Å². The standard InChI is InChI=1S/C27H41N3O2.C6H6/c1-20(2)16-26(27(31)32)29-25-11-10-24(17-25)19-30-14-12-22(13-15-30)5-3-4-21-6-8-23(18-28)9-7-21;1-2-4-6-5-3-1/h6-9,20,22,24-26,29H,3-5,10-17,19H2,1-2H3,(H,31,32);1-6H. The van der Waals surface area contributed by atoms with E-state index in [0.717, 1.165) is 30.7 Å². The van der Waals surface area contributed by atoms with Crippen LogP contribution in [-0.2, 0) is 11.2 Å². The zero-order valence-corrected chi connectivity index (χ0v) is 23.4. The molecule has 2 N–H and O–H groups in total. The number of rotatable bonds is 11. The van der Waals surface area contributed by atoms with Crippen LogP contribution in [0.4, 0.5) is 0 Å². The van der Waals surface area contributed by atoms with Gasteiger partial charge in [-0.15, -0.1) is 0 Å². The van der Waals surface area contributed by atoms with Crippen LogP contribution in [0.5, 0.6) is 0 Å². The zero-order chi connectivity index (χ0) is 27.2. The molecule has 0 aromatic heterocycles. The first kappa shape index (κ1) is 29.9. The van der Waals surface area contributed by atoms with Crippen molar-refractivity contribution in [2.24, 2.45) is 17.8 Å². The van der Waals surface area contributed by atoms with E-state index in [1.165, 1.54) is 57.3 Å². The Hall–Kier alpha value is -2.68. The lowest BCUT2D eigenvalue weighted by Crippen LogP contribution is -2.43. The maximum atomic E-state index is 11.6. The first-order chi connectivity index (χ1) is 18.4. The van der Waals surface area contributed by atoms with Crippen LogP contribution in [0.3, 0.4) is 0 Å². The van der Waals surface area contributed by atoms with Gasteiger partial charge in [0.25, 0.3) is 0 Å². The Morgan fingerprint density at radius 2 is 1.63 bits per heavy atom. The molecule has 0 radical (unpaired) electrons. The minimum Gasteiger partial charge on any atom is -0.480 e. The Balaban J connectivity index is 0.000000585. The van der Waals surface area contributed by atoms with Crippen LogP contribution < -0.4 is 5.32 Å². The van der Waals surface area contributed by atoms with Gasteiger partial charge in [0, 0.05) is 12.6 Å². The highest BCUT2D eigenvalue weighted by molar-refractivity contribution is 5.73. The summed E-state index contributed by atoms with van der Waals surface area (Å²) in [4.78, 5) is 14.2. The molecule has 2 aromatic carbocycles. The number of benzene rings is 2. The number of nitriles is 1. The number of hydrogen-bond donors (Lipinski definition) is 2. The Labute approximate surface area is 230 Å². The number of carboxylic acid groups (broad SMARTS) is 1. The van der Waals surface area contributed by atoms with Crippen molar-refractivity contribution in [3.63, 3.8) is 0 Å². The maximum Gasteiger partial charge on any atom is 0.320 e. The highest BCUT2D eigenvalue weighted by Crippen LogP contribution is 2.30. The number of carbonyl (C=O) groups is 1. The van der Waals surface area contributed by atoms with E-state index in [9.17, 15) is 9.90 Å². The average Bonchev–Trinajstić information content (AvgIpc) is 3.37. The molecule has 1 heterocycles. The minimum atomic E-state index is -0.705. The van der Waals surface area contributed by atoms with Gasteiger partial charge in [-0.3, -0.25) is 4.79 Å². The fourth-order valence-electron chi connectivity index (χ4n) is 5.94. The van der Waals surface area contributed by atoms with E-state index in [0.29, 0.717) is 24.3 Å². The van der Waals surface area contributed by atoms with Crippen molar-refractivity contribution < 1.29 is 9.90 Å². The van der Waals surface area contributed by atoms with Crippen LogP contribution in [0, 0.1) is 29.1 Å². The lowest BCUT2D eigenvalue weighted by atomic mass is 9.90. The molecule has 1 aliphatic carbocycles. The number of hydrogen-bond acceptors (Lipinski definition) is 4. The molecule has 1 saturated carbocycles. The van der Waals surface area contributed by atoms with E-state index < -0.39 is 12.0 Å². The predicted molar refractivity (Wildman–Crippen MR) is 155 cm³/mol. The van der Waals surface area contributed by atoms with Gasteiger partial charge in [0.1, 0.15) is 6.04 Å². The minimum absolute atomic E-state index is 0.361. The summed E-state index contributed by atoms with van der Waals surface area (Å²) in [5.41, 5.74) is 2.08. The van der Waals surface area contributed by atoms with Crippen molar-refractivity contribution in [3.8, 4) is 6.07 Å². The monoisotopic (exact) mass is 517 g/mol. The number of aryl methyl sites for hydroxylation is 1. The molecule has 4 rings (SSSR count). The highest BCUT2D eigenvalue weighted by atomic mass is 16.4. The molecule has 3 unspecified atom stereocenters. The van der Waals surface area contributed by atoms with Crippen LogP contribution >= 0.6 is 0 Å². The van der Waals surface area contributed by atoms with Crippen molar-refractivity contribution in [1.82, 2.24) is 10.2 Å². The van der Waals surface area contributed by atoms with Gasteiger partial charge in [-0.1, -0.05) is 68.8 Å². The number of carboxylic acids is 1. The van der Waals surface area contributed by atoms with E-state index >= 15 is 0 Å². The number of nitrogens with one attached hydrogen (secondary N) is 1. The third-order valence-electron chi connectivity index (χ3n) is 8.03. The first-order valence-corrected chi connectivity index (χ1v) is 14.6. The summed E-state index contributed by atoms with van der Waals surface area (Å²) in [7, 11) is 0. The van der Waals surface area contributed by atoms with Gasteiger partial charge >= 0.3 is 5.97 Å². The van der Waals surface area contributed by atoms with Gasteiger partial charge in [0.2, 0.25) is 0 Å². The average molecular weight is 518 g/mol. The van der Waals surface area contributed by atoms with Gasteiger partial charge in [0.15, 0.2) is 0 Å². The topological polar surface area (TPSA) is 76.4 Å².